The van der Waals surface area contributed by atoms with Crippen LogP contribution in [0, 0.1) is 0 Å². The van der Waals surface area contributed by atoms with Crippen LogP contribution in [0.2, 0.25) is 10.0 Å². The van der Waals surface area contributed by atoms with Crippen LogP contribution in [0.5, 0.6) is 0 Å². The summed E-state index contributed by atoms with van der Waals surface area (Å²) in [6.45, 7) is 3.22. The quantitative estimate of drug-likeness (QED) is 0.699. The molecule has 1 aromatic rings. The summed E-state index contributed by atoms with van der Waals surface area (Å²) in [4.78, 5) is 11.8. The zero-order valence-electron chi connectivity index (χ0n) is 10.0. The van der Waals surface area contributed by atoms with Crippen LogP contribution >= 0.6 is 23.2 Å². The summed E-state index contributed by atoms with van der Waals surface area (Å²) in [6.07, 6.45) is -0.400. The van der Waals surface area contributed by atoms with Gasteiger partial charge < -0.3 is 15.7 Å². The Morgan fingerprint density at radius 1 is 1.39 bits per heavy atom. The first-order valence-corrected chi connectivity index (χ1v) is 6.38. The molecule has 0 heterocycles. The van der Waals surface area contributed by atoms with Gasteiger partial charge in [-0.2, -0.15) is 0 Å². The summed E-state index contributed by atoms with van der Waals surface area (Å²) >= 11 is 11.7. The van der Waals surface area contributed by atoms with E-state index in [9.17, 15) is 4.79 Å². The first-order chi connectivity index (χ1) is 8.50. The van der Waals surface area contributed by atoms with Crippen molar-refractivity contribution in [2.24, 2.45) is 0 Å². The number of amides is 1. The molecule has 1 atom stereocenters. The summed E-state index contributed by atoms with van der Waals surface area (Å²) in [7, 11) is 0. The normalized spacial score (nSPS) is 12.2. The Kier molecular flexibility index (Phi) is 6.43. The zero-order valence-corrected chi connectivity index (χ0v) is 11.6. The third-order valence-electron chi connectivity index (χ3n) is 2.20. The average molecular weight is 291 g/mol. The predicted molar refractivity (Wildman–Crippen MR) is 73.3 cm³/mol. The van der Waals surface area contributed by atoms with E-state index in [2.05, 4.69) is 10.6 Å². The van der Waals surface area contributed by atoms with Crippen LogP contribution in [-0.2, 0) is 0 Å². The molecule has 0 saturated carbocycles. The standard InChI is InChI=1S/C12H16Cl2N2O2/c1-8(17)7-15-4-5-16-12(18)10-6-9(13)2-3-11(10)14/h2-3,6,8,15,17H,4-5,7H2,1H3,(H,16,18). The smallest absolute Gasteiger partial charge is 0.252 e. The number of carbonyl (C=O) groups excluding carboxylic acids is 1. The van der Waals surface area contributed by atoms with Gasteiger partial charge >= 0.3 is 0 Å². The maximum Gasteiger partial charge on any atom is 0.252 e. The molecule has 0 saturated heterocycles. The van der Waals surface area contributed by atoms with Gasteiger partial charge in [-0.1, -0.05) is 23.2 Å². The third-order valence-corrected chi connectivity index (χ3v) is 2.76. The summed E-state index contributed by atoms with van der Waals surface area (Å²) < 4.78 is 0. The molecule has 1 aromatic carbocycles. The first-order valence-electron chi connectivity index (χ1n) is 5.62. The van der Waals surface area contributed by atoms with Crippen molar-refractivity contribution < 1.29 is 9.90 Å². The highest BCUT2D eigenvalue weighted by Crippen LogP contribution is 2.20. The molecule has 100 valence electrons. The van der Waals surface area contributed by atoms with Crippen molar-refractivity contribution in [3.8, 4) is 0 Å². The number of aliphatic hydroxyl groups is 1. The van der Waals surface area contributed by atoms with Crippen LogP contribution in [0.15, 0.2) is 18.2 Å². The second kappa shape index (κ2) is 7.59. The molecule has 4 nitrogen and oxygen atoms in total. The van der Waals surface area contributed by atoms with Crippen LogP contribution in [0.25, 0.3) is 0 Å². The van der Waals surface area contributed by atoms with Gasteiger partial charge in [0.1, 0.15) is 0 Å². The van der Waals surface area contributed by atoms with E-state index in [4.69, 9.17) is 28.3 Å². The lowest BCUT2D eigenvalue weighted by atomic mass is 10.2. The van der Waals surface area contributed by atoms with Crippen LogP contribution in [0.1, 0.15) is 17.3 Å². The fourth-order valence-corrected chi connectivity index (χ4v) is 1.72. The molecule has 18 heavy (non-hydrogen) atoms. The Hall–Kier alpha value is -0.810. The minimum absolute atomic E-state index is 0.263. The average Bonchev–Trinajstić information content (AvgIpc) is 2.31. The molecule has 0 aliphatic carbocycles. The highest BCUT2D eigenvalue weighted by molar-refractivity contribution is 6.35. The molecule has 0 spiro atoms. The summed E-state index contributed by atoms with van der Waals surface area (Å²) in [5, 5.41) is 15.6. The molecule has 1 unspecified atom stereocenters. The highest BCUT2D eigenvalue weighted by atomic mass is 35.5. The maximum absolute atomic E-state index is 11.8. The Bertz CT molecular complexity index is 411. The number of nitrogens with one attached hydrogen (secondary N) is 2. The summed E-state index contributed by atoms with van der Waals surface area (Å²) in [6, 6.07) is 4.75. The van der Waals surface area contributed by atoms with Crippen molar-refractivity contribution in [2.45, 2.75) is 13.0 Å². The molecule has 3 N–H and O–H groups in total. The molecule has 0 fully saturated rings. The number of hydrogen-bond donors (Lipinski definition) is 3. The van der Waals surface area contributed by atoms with Crippen molar-refractivity contribution in [1.82, 2.24) is 10.6 Å². The Balaban J connectivity index is 2.39. The second-order valence-corrected chi connectivity index (χ2v) is 4.78. The number of benzene rings is 1. The van der Waals surface area contributed by atoms with Gasteiger partial charge in [-0.05, 0) is 25.1 Å². The van der Waals surface area contributed by atoms with E-state index in [-0.39, 0.29) is 5.91 Å². The lowest BCUT2D eigenvalue weighted by Gasteiger charge is -2.09. The van der Waals surface area contributed by atoms with E-state index in [1.165, 1.54) is 6.07 Å². The monoisotopic (exact) mass is 290 g/mol. The Labute approximate surface area is 116 Å². The molecule has 0 bridgehead atoms. The van der Waals surface area contributed by atoms with Gasteiger partial charge in [0, 0.05) is 24.7 Å². The highest BCUT2D eigenvalue weighted by Gasteiger charge is 2.10. The lowest BCUT2D eigenvalue weighted by Crippen LogP contribution is -2.34. The molecular weight excluding hydrogens is 275 g/mol. The third kappa shape index (κ3) is 5.23. The molecule has 1 rings (SSSR count). The van der Waals surface area contributed by atoms with Crippen LogP contribution in [-0.4, -0.2) is 36.8 Å². The van der Waals surface area contributed by atoms with Crippen LogP contribution in [0.3, 0.4) is 0 Å². The molecule has 1 amide bonds. The number of aliphatic hydroxyl groups excluding tert-OH is 1. The minimum atomic E-state index is -0.400. The molecular formula is C12H16Cl2N2O2. The lowest BCUT2D eigenvalue weighted by molar-refractivity contribution is 0.0954. The molecule has 0 aliphatic rings. The van der Waals surface area contributed by atoms with Crippen LogP contribution in [0.4, 0.5) is 0 Å². The fourth-order valence-electron chi connectivity index (χ4n) is 1.34. The van der Waals surface area contributed by atoms with E-state index in [0.29, 0.717) is 35.2 Å². The zero-order chi connectivity index (χ0) is 13.5. The summed E-state index contributed by atoms with van der Waals surface area (Å²) in [5.74, 6) is -0.263. The molecule has 0 aliphatic heterocycles. The van der Waals surface area contributed by atoms with Crippen molar-refractivity contribution in [3.63, 3.8) is 0 Å². The van der Waals surface area contributed by atoms with E-state index in [1.54, 1.807) is 19.1 Å². The van der Waals surface area contributed by atoms with E-state index in [1.807, 2.05) is 0 Å². The molecule has 0 aromatic heterocycles. The predicted octanol–water partition coefficient (Wildman–Crippen LogP) is 1.69. The SMILES string of the molecule is CC(O)CNCCNC(=O)c1cc(Cl)ccc1Cl. The van der Waals surface area contributed by atoms with Gasteiger partial charge in [0.25, 0.3) is 5.91 Å². The van der Waals surface area contributed by atoms with Crippen molar-refractivity contribution >= 4 is 29.1 Å². The maximum atomic E-state index is 11.8. The van der Waals surface area contributed by atoms with Gasteiger partial charge in [-0.25, -0.2) is 0 Å². The molecule has 6 heteroatoms. The van der Waals surface area contributed by atoms with Crippen LogP contribution < -0.4 is 10.6 Å². The number of hydrogen-bond acceptors (Lipinski definition) is 3. The van der Waals surface area contributed by atoms with E-state index >= 15 is 0 Å². The number of halogens is 2. The number of rotatable bonds is 6. The fraction of sp³-hybridized carbons (Fsp3) is 0.417. The Morgan fingerprint density at radius 2 is 2.11 bits per heavy atom. The van der Waals surface area contributed by atoms with Gasteiger partial charge in [-0.3, -0.25) is 4.79 Å². The van der Waals surface area contributed by atoms with Crippen molar-refractivity contribution in [2.75, 3.05) is 19.6 Å². The van der Waals surface area contributed by atoms with Gasteiger partial charge in [-0.15, -0.1) is 0 Å². The topological polar surface area (TPSA) is 61.4 Å². The van der Waals surface area contributed by atoms with Crippen molar-refractivity contribution in [3.05, 3.63) is 33.8 Å². The second-order valence-electron chi connectivity index (χ2n) is 3.93. The van der Waals surface area contributed by atoms with Gasteiger partial charge in [0.15, 0.2) is 0 Å². The largest absolute Gasteiger partial charge is 0.392 e. The molecule has 0 radical (unpaired) electrons. The first kappa shape index (κ1) is 15.2. The van der Waals surface area contributed by atoms with Gasteiger partial charge in [0.05, 0.1) is 16.7 Å². The van der Waals surface area contributed by atoms with E-state index < -0.39 is 6.10 Å². The minimum Gasteiger partial charge on any atom is -0.392 e. The van der Waals surface area contributed by atoms with E-state index in [0.717, 1.165) is 0 Å². The number of carbonyl (C=O) groups is 1. The van der Waals surface area contributed by atoms with Gasteiger partial charge in [0.2, 0.25) is 0 Å². The Morgan fingerprint density at radius 3 is 2.78 bits per heavy atom. The van der Waals surface area contributed by atoms with Crippen molar-refractivity contribution in [1.29, 1.82) is 0 Å². The summed E-state index contributed by atoms with van der Waals surface area (Å²) in [5.41, 5.74) is 0.361.